The topological polar surface area (TPSA) is 33.0 Å². The molecule has 2 nitrogen and oxygen atoms in total. The van der Waals surface area contributed by atoms with Crippen molar-refractivity contribution in [3.63, 3.8) is 0 Å². The molecule has 0 unspecified atom stereocenters. The van der Waals surface area contributed by atoms with Crippen molar-refractivity contribution in [2.45, 2.75) is 70.6 Å². The molecule has 0 spiro atoms. The number of benzene rings is 1. The van der Waals surface area contributed by atoms with Crippen LogP contribution in [-0.2, 0) is 4.74 Å². The number of hydrogen-bond acceptors (Lipinski definition) is 2. The Morgan fingerprint density at radius 3 is 2.36 bits per heavy atom. The second-order valence-electron chi connectivity index (χ2n) is 8.64. The second-order valence-corrected chi connectivity index (χ2v) is 8.64. The third-order valence-electron chi connectivity index (χ3n) is 6.80. The van der Waals surface area contributed by atoms with Crippen molar-refractivity contribution >= 4 is 0 Å². The quantitative estimate of drug-likeness (QED) is 0.385. The molecule has 2 saturated carbocycles. The van der Waals surface area contributed by atoms with Crippen LogP contribution in [0.2, 0.25) is 0 Å². The summed E-state index contributed by atoms with van der Waals surface area (Å²) in [7, 11) is 0. The van der Waals surface area contributed by atoms with Gasteiger partial charge in [0.25, 0.3) is 0 Å². The highest BCUT2D eigenvalue weighted by atomic mass is 19.1. The lowest BCUT2D eigenvalue weighted by Crippen LogP contribution is -2.25. The lowest BCUT2D eigenvalue weighted by Gasteiger charge is -2.37. The summed E-state index contributed by atoms with van der Waals surface area (Å²) in [6.07, 6.45) is 15.6. The summed E-state index contributed by atoms with van der Waals surface area (Å²) in [5, 5.41) is 8.92. The minimum atomic E-state index is -0.197. The number of nitriles is 1. The zero-order chi connectivity index (χ0) is 19.8. The molecular weight excluding hydrogens is 349 g/mol. The van der Waals surface area contributed by atoms with Crippen molar-refractivity contribution in [2.75, 3.05) is 13.2 Å². The van der Waals surface area contributed by atoms with Crippen molar-refractivity contribution < 1.29 is 9.13 Å². The molecule has 0 bridgehead atoms. The summed E-state index contributed by atoms with van der Waals surface area (Å²) < 4.78 is 19.8. The molecule has 2 aliphatic rings. The average Bonchev–Trinajstić information content (AvgIpc) is 2.74. The van der Waals surface area contributed by atoms with Crippen LogP contribution in [0.4, 0.5) is 4.39 Å². The van der Waals surface area contributed by atoms with Gasteiger partial charge in [-0.2, -0.15) is 5.26 Å². The molecule has 1 aromatic carbocycles. The first kappa shape index (κ1) is 21.1. The molecular formula is C25H34FNO. The van der Waals surface area contributed by atoms with E-state index in [1.165, 1.54) is 44.6 Å². The van der Waals surface area contributed by atoms with Gasteiger partial charge in [0, 0.05) is 6.61 Å². The summed E-state index contributed by atoms with van der Waals surface area (Å²) in [5.41, 5.74) is 1.23. The molecule has 3 rings (SSSR count). The van der Waals surface area contributed by atoms with Crippen LogP contribution in [0, 0.1) is 34.9 Å². The molecule has 0 aromatic heterocycles. The van der Waals surface area contributed by atoms with E-state index in [-0.39, 0.29) is 5.82 Å². The zero-order valence-electron chi connectivity index (χ0n) is 17.2. The lowest BCUT2D eigenvalue weighted by molar-refractivity contribution is 0.160. The van der Waals surface area contributed by atoms with Crippen molar-refractivity contribution in [1.29, 1.82) is 5.26 Å². The van der Waals surface area contributed by atoms with Crippen LogP contribution >= 0.6 is 0 Å². The fourth-order valence-electron chi connectivity index (χ4n) is 5.18. The highest BCUT2D eigenvalue weighted by molar-refractivity contribution is 5.34. The minimum absolute atomic E-state index is 0.197. The Hall–Kier alpha value is -1.66. The van der Waals surface area contributed by atoms with Crippen LogP contribution in [0.25, 0.3) is 0 Å². The molecule has 28 heavy (non-hydrogen) atoms. The van der Waals surface area contributed by atoms with Crippen molar-refractivity contribution in [3.8, 4) is 6.07 Å². The van der Waals surface area contributed by atoms with Gasteiger partial charge < -0.3 is 4.74 Å². The maximum atomic E-state index is 14.3. The van der Waals surface area contributed by atoms with E-state index in [4.69, 9.17) is 10.00 Å². The predicted molar refractivity (Wildman–Crippen MR) is 112 cm³/mol. The molecule has 0 aliphatic heterocycles. The van der Waals surface area contributed by atoms with Crippen molar-refractivity contribution in [1.82, 2.24) is 0 Å². The molecule has 0 amide bonds. The Labute approximate surface area is 169 Å². The van der Waals surface area contributed by atoms with Gasteiger partial charge in [-0.05, 0) is 99.2 Å². The van der Waals surface area contributed by atoms with Gasteiger partial charge in [0.05, 0.1) is 18.2 Å². The van der Waals surface area contributed by atoms with Crippen LogP contribution in [-0.4, -0.2) is 13.2 Å². The summed E-state index contributed by atoms with van der Waals surface area (Å²) >= 11 is 0. The first-order valence-electron chi connectivity index (χ1n) is 11.1. The van der Waals surface area contributed by atoms with Gasteiger partial charge in [-0.3, -0.25) is 0 Å². The van der Waals surface area contributed by atoms with E-state index in [1.807, 2.05) is 12.1 Å². The SMILES string of the molecule is CCCOC/C=C/C1CCC(C2CCC(c3ccc(C#N)cc3F)CC2)CC1. The fraction of sp³-hybridized carbons (Fsp3) is 0.640. The fourth-order valence-corrected chi connectivity index (χ4v) is 5.18. The summed E-state index contributed by atoms with van der Waals surface area (Å²) in [6, 6.07) is 7.00. The molecule has 2 fully saturated rings. The second kappa shape index (κ2) is 10.8. The molecule has 1 aromatic rings. The molecule has 0 heterocycles. The average molecular weight is 384 g/mol. The molecule has 0 N–H and O–H groups in total. The van der Waals surface area contributed by atoms with E-state index >= 15 is 0 Å². The van der Waals surface area contributed by atoms with Crippen LogP contribution in [0.5, 0.6) is 0 Å². The van der Waals surface area contributed by atoms with E-state index < -0.39 is 0 Å². The molecule has 152 valence electrons. The highest BCUT2D eigenvalue weighted by Gasteiger charge is 2.31. The summed E-state index contributed by atoms with van der Waals surface area (Å²) in [5.74, 6) is 2.53. The maximum absolute atomic E-state index is 14.3. The largest absolute Gasteiger partial charge is 0.377 e. The Morgan fingerprint density at radius 2 is 1.75 bits per heavy atom. The van der Waals surface area contributed by atoms with Gasteiger partial charge in [-0.25, -0.2) is 4.39 Å². The van der Waals surface area contributed by atoms with Crippen molar-refractivity contribution in [2.24, 2.45) is 17.8 Å². The van der Waals surface area contributed by atoms with Crippen LogP contribution in [0.15, 0.2) is 30.4 Å². The Kier molecular flexibility index (Phi) is 8.10. The van der Waals surface area contributed by atoms with Gasteiger partial charge in [0.2, 0.25) is 0 Å². The van der Waals surface area contributed by atoms with Gasteiger partial charge in [-0.15, -0.1) is 0 Å². The summed E-state index contributed by atoms with van der Waals surface area (Å²) in [4.78, 5) is 0. The predicted octanol–water partition coefficient (Wildman–Crippen LogP) is 6.76. The maximum Gasteiger partial charge on any atom is 0.127 e. The molecule has 0 atom stereocenters. The van der Waals surface area contributed by atoms with Crippen LogP contribution in [0.1, 0.15) is 81.8 Å². The number of nitrogens with zero attached hydrogens (tertiary/aromatic N) is 1. The normalized spacial score (nSPS) is 28.3. The zero-order valence-corrected chi connectivity index (χ0v) is 17.2. The van der Waals surface area contributed by atoms with Gasteiger partial charge in [0.15, 0.2) is 0 Å². The third-order valence-corrected chi connectivity index (χ3v) is 6.80. The number of hydrogen-bond donors (Lipinski definition) is 0. The number of ether oxygens (including phenoxy) is 1. The lowest BCUT2D eigenvalue weighted by atomic mass is 9.68. The van der Waals surface area contributed by atoms with E-state index in [2.05, 4.69) is 19.1 Å². The Balaban J connectivity index is 1.42. The van der Waals surface area contributed by atoms with Crippen LogP contribution < -0.4 is 0 Å². The third kappa shape index (κ3) is 5.67. The van der Waals surface area contributed by atoms with E-state index in [1.54, 1.807) is 6.07 Å². The van der Waals surface area contributed by atoms with E-state index in [9.17, 15) is 4.39 Å². The monoisotopic (exact) mass is 383 g/mol. The standard InChI is InChI=1S/C25H34FNO/c1-2-15-28-16-3-4-19-5-8-21(9-6-19)22-10-12-23(13-11-22)24-14-7-20(18-27)17-25(24)26/h3-4,7,14,17,19,21-23H,2,5-6,8-13,15-16H2,1H3/b4-3+. The van der Waals surface area contributed by atoms with Crippen LogP contribution in [0.3, 0.4) is 0 Å². The molecule has 3 heteroatoms. The van der Waals surface area contributed by atoms with Gasteiger partial charge in [0.1, 0.15) is 5.82 Å². The molecule has 2 aliphatic carbocycles. The minimum Gasteiger partial charge on any atom is -0.377 e. The van der Waals surface area contributed by atoms with E-state index in [0.29, 0.717) is 11.5 Å². The molecule has 0 radical (unpaired) electrons. The van der Waals surface area contributed by atoms with Gasteiger partial charge in [-0.1, -0.05) is 25.1 Å². The first-order chi connectivity index (χ1) is 13.7. The number of allylic oxidation sites excluding steroid dienone is 1. The number of rotatable bonds is 7. The smallest absolute Gasteiger partial charge is 0.127 e. The van der Waals surface area contributed by atoms with Gasteiger partial charge >= 0.3 is 0 Å². The first-order valence-corrected chi connectivity index (χ1v) is 11.1. The highest BCUT2D eigenvalue weighted by Crippen LogP contribution is 2.44. The Bertz CT molecular complexity index is 676. The van der Waals surface area contributed by atoms with E-state index in [0.717, 1.165) is 55.8 Å². The van der Waals surface area contributed by atoms with Crippen molar-refractivity contribution in [3.05, 3.63) is 47.3 Å². The Morgan fingerprint density at radius 1 is 1.07 bits per heavy atom. The molecule has 0 saturated heterocycles. The summed E-state index contributed by atoms with van der Waals surface area (Å²) in [6.45, 7) is 3.75. The number of halogens is 1.